The van der Waals surface area contributed by atoms with Gasteiger partial charge in [-0.05, 0) is 86.4 Å². The average Bonchev–Trinajstić information content (AvgIpc) is 4.09. The summed E-state index contributed by atoms with van der Waals surface area (Å²) >= 11 is 1.81. The van der Waals surface area contributed by atoms with Gasteiger partial charge in [0.1, 0.15) is 0 Å². The molecule has 0 N–H and O–H groups in total. The van der Waals surface area contributed by atoms with Crippen LogP contribution in [-0.4, -0.2) is 24.1 Å². The van der Waals surface area contributed by atoms with Crippen LogP contribution in [0, 0.1) is 0 Å². The molecule has 0 saturated carbocycles. The molecule has 0 aliphatic rings. The van der Waals surface area contributed by atoms with Crippen LogP contribution < -0.4 is 0 Å². The Bertz CT molecular complexity index is 4580. The van der Waals surface area contributed by atoms with E-state index in [0.717, 1.165) is 66.2 Å². The SMILES string of the molecule is c1ccc(-c2nc(-c3ccc4sc5ccccc5c4c3)nc(-n3c4ccccc4c4ccc5c6ccccc6n(-c6ccccc6-c6ccc7c8ccccc8c8ccccc8c7c6)c5c43)n2)cc1. The highest BCUT2D eigenvalue weighted by Crippen LogP contribution is 2.45. The number of para-hydroxylation sites is 3. The second-order valence-corrected chi connectivity index (χ2v) is 19.0. The quantitative estimate of drug-likeness (QED) is 0.162. The van der Waals surface area contributed by atoms with Crippen LogP contribution in [0.15, 0.2) is 224 Å². The highest BCUT2D eigenvalue weighted by atomic mass is 32.1. The molecule has 0 amide bonds. The lowest BCUT2D eigenvalue weighted by atomic mass is 9.92. The van der Waals surface area contributed by atoms with Crippen LogP contribution in [0.1, 0.15) is 0 Å². The molecule has 0 atom stereocenters. The number of nitrogens with zero attached hydrogens (tertiary/aromatic N) is 5. The van der Waals surface area contributed by atoms with E-state index < -0.39 is 0 Å². The molecule has 5 nitrogen and oxygen atoms in total. The van der Waals surface area contributed by atoms with Crippen LogP contribution in [0.3, 0.4) is 0 Å². The topological polar surface area (TPSA) is 48.5 Å². The summed E-state index contributed by atoms with van der Waals surface area (Å²) < 4.78 is 7.27. The van der Waals surface area contributed by atoms with E-state index in [1.165, 1.54) is 57.9 Å². The first kappa shape index (κ1) is 38.2. The standard InChI is InChI=1S/C63H37N5S/c1-2-16-38(17-3-1)61-64-62(40-31-35-58-53(37-40)49-25-11-15-29-57(49)69-58)66-63(65-61)68-56-28-14-10-24-48(56)51-34-33-50-47-23-9-13-27-55(47)67(59(50)60(51)68)54-26-12-8-18-41(54)39-30-32-46-44-21-5-4-19-42(44)43-20-6-7-22-45(43)52(46)36-39/h1-37H. The zero-order chi connectivity index (χ0) is 45.2. The van der Waals surface area contributed by atoms with Gasteiger partial charge in [0.25, 0.3) is 0 Å². The second kappa shape index (κ2) is 14.8. The molecule has 69 heavy (non-hydrogen) atoms. The van der Waals surface area contributed by atoms with Crippen LogP contribution in [0.2, 0.25) is 0 Å². The molecule has 0 fully saturated rings. The Kier molecular flexibility index (Phi) is 8.17. The molecule has 6 heteroatoms. The van der Waals surface area contributed by atoms with Crippen molar-refractivity contribution < 1.29 is 0 Å². The van der Waals surface area contributed by atoms with Crippen molar-refractivity contribution in [3.05, 3.63) is 224 Å². The van der Waals surface area contributed by atoms with Crippen LogP contribution in [-0.2, 0) is 0 Å². The molecule has 4 heterocycles. The molecule has 4 aromatic heterocycles. The normalized spacial score (nSPS) is 12.1. The summed E-state index contributed by atoms with van der Waals surface area (Å²) in [5.41, 5.74) is 9.52. The van der Waals surface area contributed by atoms with E-state index in [1.54, 1.807) is 0 Å². The molecule has 0 aliphatic carbocycles. The lowest BCUT2D eigenvalue weighted by Crippen LogP contribution is -2.07. The van der Waals surface area contributed by atoms with Crippen molar-refractivity contribution in [2.24, 2.45) is 0 Å². The van der Waals surface area contributed by atoms with Crippen LogP contribution >= 0.6 is 11.3 Å². The fourth-order valence-corrected chi connectivity index (χ4v) is 12.2. The maximum Gasteiger partial charge on any atom is 0.238 e. The van der Waals surface area contributed by atoms with Crippen molar-refractivity contribution in [1.82, 2.24) is 24.1 Å². The van der Waals surface area contributed by atoms with Gasteiger partial charge in [0, 0.05) is 58.4 Å². The van der Waals surface area contributed by atoms with E-state index in [0.29, 0.717) is 17.6 Å². The molecule has 11 aromatic carbocycles. The van der Waals surface area contributed by atoms with Crippen molar-refractivity contribution >= 4 is 107 Å². The first-order valence-corrected chi connectivity index (χ1v) is 24.2. The number of hydrogen-bond acceptors (Lipinski definition) is 4. The number of thiophene rings is 1. The summed E-state index contributed by atoms with van der Waals surface area (Å²) in [7, 11) is 0. The van der Waals surface area contributed by atoms with Gasteiger partial charge < -0.3 is 4.57 Å². The third kappa shape index (κ3) is 5.67. The third-order valence-corrected chi connectivity index (χ3v) is 15.3. The van der Waals surface area contributed by atoms with Crippen LogP contribution in [0.5, 0.6) is 0 Å². The van der Waals surface area contributed by atoms with Gasteiger partial charge in [-0.2, -0.15) is 9.97 Å². The zero-order valence-electron chi connectivity index (χ0n) is 37.0. The van der Waals surface area contributed by atoms with Crippen molar-refractivity contribution in [1.29, 1.82) is 0 Å². The summed E-state index contributed by atoms with van der Waals surface area (Å²) in [6.07, 6.45) is 0. The lowest BCUT2D eigenvalue weighted by Gasteiger charge is -2.17. The Morgan fingerprint density at radius 1 is 0.290 bits per heavy atom. The van der Waals surface area contributed by atoms with Gasteiger partial charge in [-0.3, -0.25) is 4.57 Å². The largest absolute Gasteiger partial charge is 0.307 e. The molecule has 0 unspecified atom stereocenters. The third-order valence-electron chi connectivity index (χ3n) is 14.2. The first-order valence-electron chi connectivity index (χ1n) is 23.4. The number of aromatic nitrogens is 5. The maximum atomic E-state index is 5.48. The van der Waals surface area contributed by atoms with Gasteiger partial charge in [0.15, 0.2) is 11.6 Å². The number of benzene rings is 11. The van der Waals surface area contributed by atoms with Gasteiger partial charge in [-0.1, -0.05) is 176 Å². The fraction of sp³-hybridized carbons (Fsp3) is 0. The Morgan fingerprint density at radius 3 is 1.48 bits per heavy atom. The monoisotopic (exact) mass is 895 g/mol. The molecule has 0 spiro atoms. The van der Waals surface area contributed by atoms with E-state index in [2.05, 4.69) is 215 Å². The molecule has 15 rings (SSSR count). The van der Waals surface area contributed by atoms with Gasteiger partial charge in [0.2, 0.25) is 5.95 Å². The summed E-state index contributed by atoms with van der Waals surface area (Å²) in [6, 6.07) is 81.1. The van der Waals surface area contributed by atoms with Gasteiger partial charge in [0.05, 0.1) is 27.8 Å². The van der Waals surface area contributed by atoms with Crippen LogP contribution in [0.4, 0.5) is 0 Å². The van der Waals surface area contributed by atoms with Crippen molar-refractivity contribution in [2.75, 3.05) is 0 Å². The number of rotatable bonds is 5. The summed E-state index contributed by atoms with van der Waals surface area (Å²) in [5, 5.41) is 14.6. The highest BCUT2D eigenvalue weighted by molar-refractivity contribution is 7.25. The highest BCUT2D eigenvalue weighted by Gasteiger charge is 2.25. The molecular formula is C63H37N5S. The Morgan fingerprint density at radius 2 is 0.768 bits per heavy atom. The maximum absolute atomic E-state index is 5.48. The van der Waals surface area contributed by atoms with Crippen LogP contribution in [0.25, 0.3) is 142 Å². The second-order valence-electron chi connectivity index (χ2n) is 17.9. The molecule has 320 valence electrons. The molecule has 0 bridgehead atoms. The van der Waals surface area contributed by atoms with Gasteiger partial charge >= 0.3 is 0 Å². The minimum Gasteiger partial charge on any atom is -0.307 e. The van der Waals surface area contributed by atoms with Crippen molar-refractivity contribution in [2.45, 2.75) is 0 Å². The molecular weight excluding hydrogens is 859 g/mol. The number of fused-ring (bicyclic) bond motifs is 16. The predicted molar refractivity (Wildman–Crippen MR) is 290 cm³/mol. The predicted octanol–water partition coefficient (Wildman–Crippen LogP) is 16.9. The molecule has 0 aliphatic heterocycles. The first-order chi connectivity index (χ1) is 34.2. The summed E-state index contributed by atoms with van der Waals surface area (Å²) in [6.45, 7) is 0. The zero-order valence-corrected chi connectivity index (χ0v) is 37.8. The molecule has 0 saturated heterocycles. The van der Waals surface area contributed by atoms with E-state index in [9.17, 15) is 0 Å². The molecule has 15 aromatic rings. The molecule has 0 radical (unpaired) electrons. The number of hydrogen-bond donors (Lipinski definition) is 0. The minimum absolute atomic E-state index is 0.562. The smallest absolute Gasteiger partial charge is 0.238 e. The van der Waals surface area contributed by atoms with E-state index in [4.69, 9.17) is 15.0 Å². The van der Waals surface area contributed by atoms with E-state index >= 15 is 0 Å². The average molecular weight is 896 g/mol. The summed E-state index contributed by atoms with van der Waals surface area (Å²) in [4.78, 5) is 16.1. The van der Waals surface area contributed by atoms with Crippen molar-refractivity contribution in [3.63, 3.8) is 0 Å². The Balaban J connectivity index is 1.03. The Labute approximate surface area is 399 Å². The minimum atomic E-state index is 0.562. The fourth-order valence-electron chi connectivity index (χ4n) is 11.1. The van der Waals surface area contributed by atoms with Gasteiger partial charge in [-0.15, -0.1) is 11.3 Å². The lowest BCUT2D eigenvalue weighted by molar-refractivity contribution is 0.953. The Hall–Kier alpha value is -8.97. The van der Waals surface area contributed by atoms with Crippen molar-refractivity contribution in [3.8, 4) is 45.5 Å². The van der Waals surface area contributed by atoms with E-state index in [1.807, 2.05) is 29.5 Å². The van der Waals surface area contributed by atoms with E-state index in [-0.39, 0.29) is 0 Å². The van der Waals surface area contributed by atoms with Gasteiger partial charge in [-0.25, -0.2) is 4.98 Å². The summed E-state index contributed by atoms with van der Waals surface area (Å²) in [5.74, 6) is 1.80.